The lowest BCUT2D eigenvalue weighted by atomic mass is 10.0. The molecule has 3 aliphatic rings. The Morgan fingerprint density at radius 2 is 1.26 bits per heavy atom. The topological polar surface area (TPSA) is 134 Å². The SMILES string of the molecule is CCC(OC1COC(=O)O1)C(COC1COC(=O)O1)COC1COC(=O)O1. The summed E-state index contributed by atoms with van der Waals surface area (Å²) in [5, 5.41) is 0. The molecule has 3 rings (SSSR count). The van der Waals surface area contributed by atoms with E-state index >= 15 is 0 Å². The third-order valence-electron chi connectivity index (χ3n) is 3.94. The monoisotopic (exact) mass is 392 g/mol. The van der Waals surface area contributed by atoms with Crippen LogP contribution in [0.25, 0.3) is 0 Å². The molecule has 3 aliphatic heterocycles. The van der Waals surface area contributed by atoms with E-state index in [1.807, 2.05) is 6.92 Å². The molecule has 3 saturated heterocycles. The van der Waals surface area contributed by atoms with Gasteiger partial charge in [-0.05, 0) is 6.42 Å². The van der Waals surface area contributed by atoms with Gasteiger partial charge in [-0.1, -0.05) is 6.92 Å². The van der Waals surface area contributed by atoms with Crippen LogP contribution in [-0.2, 0) is 42.6 Å². The van der Waals surface area contributed by atoms with Crippen LogP contribution in [0.4, 0.5) is 14.4 Å². The van der Waals surface area contributed by atoms with Crippen LogP contribution in [0.15, 0.2) is 0 Å². The second-order valence-electron chi connectivity index (χ2n) is 5.83. The minimum atomic E-state index is -0.842. The average Bonchev–Trinajstić information content (AvgIpc) is 3.36. The van der Waals surface area contributed by atoms with Crippen LogP contribution in [-0.4, -0.2) is 76.5 Å². The van der Waals surface area contributed by atoms with Gasteiger partial charge in [0.15, 0.2) is 19.8 Å². The molecule has 0 aromatic carbocycles. The van der Waals surface area contributed by atoms with Crippen molar-refractivity contribution in [3.63, 3.8) is 0 Å². The number of ether oxygens (including phenoxy) is 9. The summed E-state index contributed by atoms with van der Waals surface area (Å²) < 4.78 is 45.4. The highest BCUT2D eigenvalue weighted by Gasteiger charge is 2.35. The van der Waals surface area contributed by atoms with Gasteiger partial charge in [0.05, 0.1) is 19.3 Å². The molecule has 4 unspecified atom stereocenters. The predicted octanol–water partition coefficient (Wildman–Crippen LogP) is 0.910. The molecule has 0 aromatic heterocycles. The third-order valence-corrected chi connectivity index (χ3v) is 3.94. The van der Waals surface area contributed by atoms with Crippen molar-refractivity contribution in [1.82, 2.24) is 0 Å². The molecule has 0 amide bonds. The Labute approximate surface area is 153 Å². The Morgan fingerprint density at radius 1 is 0.815 bits per heavy atom. The van der Waals surface area contributed by atoms with Gasteiger partial charge < -0.3 is 42.6 Å². The van der Waals surface area contributed by atoms with Crippen molar-refractivity contribution in [2.45, 2.75) is 38.3 Å². The fourth-order valence-electron chi connectivity index (χ4n) is 2.63. The minimum Gasteiger partial charge on any atom is -0.428 e. The van der Waals surface area contributed by atoms with E-state index < -0.39 is 43.4 Å². The fourth-order valence-corrected chi connectivity index (χ4v) is 2.63. The molecule has 4 atom stereocenters. The molecule has 0 bridgehead atoms. The first-order valence-corrected chi connectivity index (χ1v) is 8.42. The summed E-state index contributed by atoms with van der Waals surface area (Å²) in [7, 11) is 0. The Balaban J connectivity index is 1.54. The molecular weight excluding hydrogens is 372 g/mol. The minimum absolute atomic E-state index is 0.0216. The van der Waals surface area contributed by atoms with E-state index in [0.717, 1.165) is 0 Å². The Bertz CT molecular complexity index is 521. The summed E-state index contributed by atoms with van der Waals surface area (Å²) in [6, 6.07) is 0. The maximum atomic E-state index is 11.1. The van der Waals surface area contributed by atoms with Crippen molar-refractivity contribution in [2.24, 2.45) is 5.92 Å². The molecule has 27 heavy (non-hydrogen) atoms. The van der Waals surface area contributed by atoms with E-state index in [0.29, 0.717) is 6.42 Å². The van der Waals surface area contributed by atoms with Crippen LogP contribution in [0.2, 0.25) is 0 Å². The van der Waals surface area contributed by atoms with Crippen LogP contribution in [0, 0.1) is 5.92 Å². The predicted molar refractivity (Wildman–Crippen MR) is 79.2 cm³/mol. The normalized spacial score (nSPS) is 29.2. The summed E-state index contributed by atoms with van der Waals surface area (Å²) in [5.74, 6) is -0.368. The van der Waals surface area contributed by atoms with Crippen LogP contribution in [0.1, 0.15) is 13.3 Å². The molecule has 0 aliphatic carbocycles. The van der Waals surface area contributed by atoms with Crippen LogP contribution in [0.5, 0.6) is 0 Å². The van der Waals surface area contributed by atoms with Crippen LogP contribution < -0.4 is 0 Å². The maximum absolute atomic E-state index is 11.1. The molecule has 0 saturated carbocycles. The summed E-state index contributed by atoms with van der Waals surface area (Å²) in [6.07, 6.45) is -4.83. The van der Waals surface area contributed by atoms with Gasteiger partial charge in [-0.15, -0.1) is 0 Å². The van der Waals surface area contributed by atoms with Crippen LogP contribution >= 0.6 is 0 Å². The van der Waals surface area contributed by atoms with E-state index in [1.165, 1.54) is 0 Å². The van der Waals surface area contributed by atoms with Crippen molar-refractivity contribution >= 4 is 18.5 Å². The summed E-state index contributed by atoms with van der Waals surface area (Å²) >= 11 is 0. The van der Waals surface area contributed by atoms with Gasteiger partial charge in [-0.2, -0.15) is 0 Å². The van der Waals surface area contributed by atoms with Crippen molar-refractivity contribution < 1.29 is 57.0 Å². The zero-order valence-electron chi connectivity index (χ0n) is 14.5. The first-order valence-electron chi connectivity index (χ1n) is 8.42. The Hall–Kier alpha value is -2.31. The highest BCUT2D eigenvalue weighted by Crippen LogP contribution is 2.21. The molecule has 0 spiro atoms. The Morgan fingerprint density at radius 3 is 1.63 bits per heavy atom. The van der Waals surface area contributed by atoms with Gasteiger partial charge in [0.1, 0.15) is 0 Å². The lowest BCUT2D eigenvalue weighted by Crippen LogP contribution is -2.37. The molecular formula is C15H20O12. The van der Waals surface area contributed by atoms with Gasteiger partial charge in [0, 0.05) is 5.92 Å². The highest BCUT2D eigenvalue weighted by molar-refractivity contribution is 5.62. The van der Waals surface area contributed by atoms with Crippen molar-refractivity contribution in [3.8, 4) is 0 Å². The maximum Gasteiger partial charge on any atom is 0.510 e. The highest BCUT2D eigenvalue weighted by atomic mass is 16.8. The molecule has 3 heterocycles. The number of hydrogen-bond donors (Lipinski definition) is 0. The first-order chi connectivity index (χ1) is 13.0. The Kier molecular flexibility index (Phi) is 6.53. The molecule has 152 valence electrons. The second-order valence-corrected chi connectivity index (χ2v) is 5.83. The van der Waals surface area contributed by atoms with Gasteiger partial charge >= 0.3 is 18.5 Å². The number of hydrogen-bond acceptors (Lipinski definition) is 12. The zero-order chi connectivity index (χ0) is 19.2. The molecule has 0 aromatic rings. The number of cyclic esters (lactones) is 6. The summed E-state index contributed by atoms with van der Waals surface area (Å²) in [5.41, 5.74) is 0. The van der Waals surface area contributed by atoms with Gasteiger partial charge in [-0.25, -0.2) is 14.4 Å². The third kappa shape index (κ3) is 5.58. The fraction of sp³-hybridized carbons (Fsp3) is 0.800. The van der Waals surface area contributed by atoms with E-state index in [-0.39, 0.29) is 39.0 Å². The van der Waals surface area contributed by atoms with E-state index in [2.05, 4.69) is 9.47 Å². The average molecular weight is 392 g/mol. The summed E-state index contributed by atoms with van der Waals surface area (Å²) in [4.78, 5) is 33.0. The number of carbonyl (C=O) groups is 3. The van der Waals surface area contributed by atoms with E-state index in [9.17, 15) is 14.4 Å². The largest absolute Gasteiger partial charge is 0.510 e. The van der Waals surface area contributed by atoms with E-state index in [4.69, 9.17) is 33.2 Å². The number of carbonyl (C=O) groups excluding carboxylic acids is 3. The first kappa shape index (κ1) is 19.5. The molecule has 12 heteroatoms. The molecule has 0 N–H and O–H groups in total. The molecule has 3 fully saturated rings. The standard InChI is InChI=1S/C15H20O12/c1-2-9(24-12-7-23-15(18)27-12)8(3-19-10-5-21-13(16)25-10)4-20-11-6-22-14(17)26-11/h8-12H,2-7H2,1H3. The van der Waals surface area contributed by atoms with Crippen molar-refractivity contribution in [2.75, 3.05) is 33.0 Å². The molecule has 0 radical (unpaired) electrons. The van der Waals surface area contributed by atoms with Gasteiger partial charge in [0.25, 0.3) is 0 Å². The smallest absolute Gasteiger partial charge is 0.428 e. The second kappa shape index (κ2) is 9.06. The zero-order valence-corrected chi connectivity index (χ0v) is 14.5. The van der Waals surface area contributed by atoms with Crippen molar-refractivity contribution in [3.05, 3.63) is 0 Å². The lowest BCUT2D eigenvalue weighted by molar-refractivity contribution is -0.177. The van der Waals surface area contributed by atoms with Crippen LogP contribution in [0.3, 0.4) is 0 Å². The number of rotatable bonds is 10. The lowest BCUT2D eigenvalue weighted by Gasteiger charge is -2.28. The quantitative estimate of drug-likeness (QED) is 0.386. The van der Waals surface area contributed by atoms with Gasteiger partial charge in [-0.3, -0.25) is 0 Å². The summed E-state index contributed by atoms with van der Waals surface area (Å²) in [6.45, 7) is 1.97. The van der Waals surface area contributed by atoms with E-state index in [1.54, 1.807) is 0 Å². The van der Waals surface area contributed by atoms with Gasteiger partial charge in [0.2, 0.25) is 18.9 Å². The molecule has 12 nitrogen and oxygen atoms in total. The van der Waals surface area contributed by atoms with Crippen molar-refractivity contribution in [1.29, 1.82) is 0 Å².